The summed E-state index contributed by atoms with van der Waals surface area (Å²) in [5, 5.41) is 3.24. The number of hydrogen-bond acceptors (Lipinski definition) is 3. The summed E-state index contributed by atoms with van der Waals surface area (Å²) in [5.74, 6) is 1.32. The number of carbonyl (C=O) groups is 1. The van der Waals surface area contributed by atoms with Crippen LogP contribution in [-0.4, -0.2) is 42.7 Å². The molecule has 72 valence electrons. The molecule has 0 bridgehead atoms. The van der Waals surface area contributed by atoms with E-state index in [-0.39, 0.29) is 5.91 Å². The van der Waals surface area contributed by atoms with Gasteiger partial charge in [-0.3, -0.25) is 4.79 Å². The Hall–Kier alpha value is -0.480. The highest BCUT2D eigenvalue weighted by molar-refractivity contribution is 8.04. The Morgan fingerprint density at radius 3 is 2.85 bits per heavy atom. The SMILES string of the molecule is O=C(C1=CCCS1)N1CCNCC1. The number of thioether (sulfide) groups is 1. The van der Waals surface area contributed by atoms with E-state index in [0.717, 1.165) is 43.3 Å². The van der Waals surface area contributed by atoms with E-state index in [0.29, 0.717) is 0 Å². The molecular weight excluding hydrogens is 184 g/mol. The lowest BCUT2D eigenvalue weighted by molar-refractivity contribution is -0.126. The summed E-state index contributed by atoms with van der Waals surface area (Å²) in [6, 6.07) is 0. The topological polar surface area (TPSA) is 32.3 Å². The first-order valence-corrected chi connectivity index (χ1v) is 5.69. The molecule has 0 aromatic heterocycles. The first-order chi connectivity index (χ1) is 6.38. The average molecular weight is 198 g/mol. The lowest BCUT2D eigenvalue weighted by Gasteiger charge is -2.27. The van der Waals surface area contributed by atoms with Crippen molar-refractivity contribution in [1.29, 1.82) is 0 Å². The standard InChI is InChI=1S/C9H14N2OS/c12-9(8-2-1-7-13-8)11-5-3-10-4-6-11/h2,10H,1,3-7H2. The fraction of sp³-hybridized carbons (Fsp3) is 0.667. The molecule has 2 rings (SSSR count). The smallest absolute Gasteiger partial charge is 0.260 e. The highest BCUT2D eigenvalue weighted by Gasteiger charge is 2.21. The third-order valence-electron chi connectivity index (χ3n) is 2.32. The van der Waals surface area contributed by atoms with Gasteiger partial charge < -0.3 is 10.2 Å². The Morgan fingerprint density at radius 1 is 1.46 bits per heavy atom. The monoisotopic (exact) mass is 198 g/mol. The first-order valence-electron chi connectivity index (χ1n) is 4.71. The average Bonchev–Trinajstić information content (AvgIpc) is 2.71. The van der Waals surface area contributed by atoms with Crippen LogP contribution in [0, 0.1) is 0 Å². The molecule has 2 heterocycles. The van der Waals surface area contributed by atoms with Crippen LogP contribution in [0.25, 0.3) is 0 Å². The van der Waals surface area contributed by atoms with Gasteiger partial charge in [0.2, 0.25) is 0 Å². The second-order valence-corrected chi connectivity index (χ2v) is 4.38. The minimum atomic E-state index is 0.240. The fourth-order valence-corrected chi connectivity index (χ4v) is 2.53. The number of hydrogen-bond donors (Lipinski definition) is 1. The number of amides is 1. The number of piperazine rings is 1. The zero-order valence-corrected chi connectivity index (χ0v) is 8.40. The summed E-state index contributed by atoms with van der Waals surface area (Å²) >= 11 is 1.69. The Labute approximate surface area is 82.6 Å². The summed E-state index contributed by atoms with van der Waals surface area (Å²) in [7, 11) is 0. The fourth-order valence-electron chi connectivity index (χ4n) is 1.59. The molecule has 0 spiro atoms. The van der Waals surface area contributed by atoms with Crippen molar-refractivity contribution >= 4 is 17.7 Å². The normalized spacial score (nSPS) is 23.1. The van der Waals surface area contributed by atoms with Crippen LogP contribution >= 0.6 is 11.8 Å². The van der Waals surface area contributed by atoms with Gasteiger partial charge in [-0.15, -0.1) is 11.8 Å². The molecular formula is C9H14N2OS. The van der Waals surface area contributed by atoms with Gasteiger partial charge in [0, 0.05) is 31.9 Å². The van der Waals surface area contributed by atoms with E-state index in [4.69, 9.17) is 0 Å². The van der Waals surface area contributed by atoms with Gasteiger partial charge in [0.15, 0.2) is 0 Å². The Bertz CT molecular complexity index is 234. The highest BCUT2D eigenvalue weighted by Crippen LogP contribution is 2.26. The minimum Gasteiger partial charge on any atom is -0.336 e. The van der Waals surface area contributed by atoms with Crippen LogP contribution in [0.15, 0.2) is 11.0 Å². The van der Waals surface area contributed by atoms with Gasteiger partial charge in [0.05, 0.1) is 4.91 Å². The summed E-state index contributed by atoms with van der Waals surface area (Å²) in [6.07, 6.45) is 3.12. The predicted octanol–water partition coefficient (Wildman–Crippen LogP) is 0.439. The van der Waals surface area contributed by atoms with E-state index in [1.807, 2.05) is 4.90 Å². The molecule has 4 heteroatoms. The maximum atomic E-state index is 11.8. The Morgan fingerprint density at radius 2 is 2.23 bits per heavy atom. The van der Waals surface area contributed by atoms with Gasteiger partial charge in [-0.1, -0.05) is 6.08 Å². The molecule has 1 fully saturated rings. The molecule has 1 amide bonds. The second kappa shape index (κ2) is 4.15. The molecule has 0 saturated carbocycles. The lowest BCUT2D eigenvalue weighted by atomic mass is 10.3. The number of nitrogens with zero attached hydrogens (tertiary/aromatic N) is 1. The quantitative estimate of drug-likeness (QED) is 0.663. The molecule has 1 N–H and O–H groups in total. The Kier molecular flexibility index (Phi) is 2.90. The van der Waals surface area contributed by atoms with Crippen molar-refractivity contribution in [3.63, 3.8) is 0 Å². The van der Waals surface area contributed by atoms with Crippen molar-refractivity contribution in [2.45, 2.75) is 6.42 Å². The van der Waals surface area contributed by atoms with E-state index in [2.05, 4.69) is 11.4 Å². The first kappa shape index (κ1) is 9.09. The van der Waals surface area contributed by atoms with Crippen molar-refractivity contribution in [3.8, 4) is 0 Å². The van der Waals surface area contributed by atoms with E-state index in [9.17, 15) is 4.79 Å². The molecule has 2 aliphatic heterocycles. The molecule has 2 aliphatic rings. The molecule has 0 aromatic rings. The largest absolute Gasteiger partial charge is 0.336 e. The van der Waals surface area contributed by atoms with Gasteiger partial charge in [0.25, 0.3) is 5.91 Å². The molecule has 0 unspecified atom stereocenters. The molecule has 0 atom stereocenters. The lowest BCUT2D eigenvalue weighted by Crippen LogP contribution is -2.46. The van der Waals surface area contributed by atoms with Crippen molar-refractivity contribution in [2.24, 2.45) is 0 Å². The summed E-state index contributed by atoms with van der Waals surface area (Å²) in [6.45, 7) is 3.58. The minimum absolute atomic E-state index is 0.240. The molecule has 0 aromatic carbocycles. The van der Waals surface area contributed by atoms with Gasteiger partial charge in [-0.2, -0.15) is 0 Å². The zero-order chi connectivity index (χ0) is 9.10. The molecule has 0 radical (unpaired) electrons. The highest BCUT2D eigenvalue weighted by atomic mass is 32.2. The summed E-state index contributed by atoms with van der Waals surface area (Å²) in [4.78, 5) is 14.7. The number of carbonyl (C=O) groups excluding carboxylic acids is 1. The zero-order valence-electron chi connectivity index (χ0n) is 7.58. The van der Waals surface area contributed by atoms with Crippen molar-refractivity contribution < 1.29 is 4.79 Å². The molecule has 0 aliphatic carbocycles. The van der Waals surface area contributed by atoms with Gasteiger partial charge in [-0.25, -0.2) is 0 Å². The second-order valence-electron chi connectivity index (χ2n) is 3.25. The van der Waals surface area contributed by atoms with E-state index >= 15 is 0 Å². The van der Waals surface area contributed by atoms with Gasteiger partial charge in [-0.05, 0) is 6.42 Å². The molecule has 13 heavy (non-hydrogen) atoms. The predicted molar refractivity (Wildman–Crippen MR) is 54.6 cm³/mol. The van der Waals surface area contributed by atoms with E-state index in [1.165, 1.54) is 0 Å². The van der Waals surface area contributed by atoms with Crippen LogP contribution in [0.3, 0.4) is 0 Å². The third-order valence-corrected chi connectivity index (χ3v) is 3.41. The van der Waals surface area contributed by atoms with E-state index < -0.39 is 0 Å². The van der Waals surface area contributed by atoms with Gasteiger partial charge >= 0.3 is 0 Å². The summed E-state index contributed by atoms with van der Waals surface area (Å²) < 4.78 is 0. The van der Waals surface area contributed by atoms with Gasteiger partial charge in [0.1, 0.15) is 0 Å². The number of allylic oxidation sites excluding steroid dienone is 1. The van der Waals surface area contributed by atoms with Crippen molar-refractivity contribution in [3.05, 3.63) is 11.0 Å². The van der Waals surface area contributed by atoms with Crippen LogP contribution in [0.1, 0.15) is 6.42 Å². The number of rotatable bonds is 1. The van der Waals surface area contributed by atoms with Crippen LogP contribution in [0.2, 0.25) is 0 Å². The van der Waals surface area contributed by atoms with E-state index in [1.54, 1.807) is 11.8 Å². The van der Waals surface area contributed by atoms with Crippen LogP contribution in [0.5, 0.6) is 0 Å². The van der Waals surface area contributed by atoms with Crippen LogP contribution in [-0.2, 0) is 4.79 Å². The van der Waals surface area contributed by atoms with Crippen LogP contribution < -0.4 is 5.32 Å². The third kappa shape index (κ3) is 2.06. The van der Waals surface area contributed by atoms with Crippen LogP contribution in [0.4, 0.5) is 0 Å². The maximum Gasteiger partial charge on any atom is 0.260 e. The Balaban J connectivity index is 1.94. The maximum absolute atomic E-state index is 11.8. The molecule has 3 nitrogen and oxygen atoms in total. The molecule has 1 saturated heterocycles. The summed E-state index contributed by atoms with van der Waals surface area (Å²) in [5.41, 5.74) is 0. The van der Waals surface area contributed by atoms with Crippen molar-refractivity contribution in [2.75, 3.05) is 31.9 Å². The van der Waals surface area contributed by atoms with Crippen molar-refractivity contribution in [1.82, 2.24) is 10.2 Å². The number of nitrogens with one attached hydrogen (secondary N) is 1.